The standard InChI is InChI=1S/C25H38N4O4S/c30-24(20-27-16-18-28(19-17-27)25(31)21-8-4-3-5-9-21)26-22-10-12-23(13-11-22)34(32,33)29-14-6-1-2-7-15-29/h10-13,21H,1-9,14-20H2,(H,26,30). The lowest BCUT2D eigenvalue weighted by Gasteiger charge is -2.36. The van der Waals surface area contributed by atoms with Gasteiger partial charge in [-0.05, 0) is 49.9 Å². The number of sulfonamides is 1. The Kier molecular flexibility index (Phi) is 8.60. The highest BCUT2D eigenvalue weighted by Crippen LogP contribution is 2.26. The second-order valence-electron chi connectivity index (χ2n) is 9.83. The van der Waals surface area contributed by atoms with E-state index in [1.165, 1.54) is 6.42 Å². The Morgan fingerprint density at radius 1 is 0.794 bits per heavy atom. The molecule has 1 N–H and O–H groups in total. The number of nitrogens with one attached hydrogen (secondary N) is 1. The van der Waals surface area contributed by atoms with E-state index < -0.39 is 10.0 Å². The fraction of sp³-hybridized carbons (Fsp3) is 0.680. The molecule has 3 fully saturated rings. The molecule has 2 aliphatic heterocycles. The number of carbonyl (C=O) groups excluding carboxylic acids is 2. The molecule has 2 amide bonds. The zero-order chi connectivity index (χ0) is 24.0. The lowest BCUT2D eigenvalue weighted by atomic mass is 9.88. The van der Waals surface area contributed by atoms with E-state index in [0.29, 0.717) is 50.9 Å². The topological polar surface area (TPSA) is 90.0 Å². The fourth-order valence-electron chi connectivity index (χ4n) is 5.28. The molecule has 1 aromatic rings. The Morgan fingerprint density at radius 2 is 1.38 bits per heavy atom. The van der Waals surface area contributed by atoms with Crippen LogP contribution in [0.5, 0.6) is 0 Å². The molecule has 0 radical (unpaired) electrons. The van der Waals surface area contributed by atoms with Gasteiger partial charge in [0.1, 0.15) is 0 Å². The predicted molar refractivity (Wildman–Crippen MR) is 132 cm³/mol. The maximum absolute atomic E-state index is 12.9. The molecule has 9 heteroatoms. The number of piperazine rings is 1. The van der Waals surface area contributed by atoms with E-state index in [2.05, 4.69) is 10.2 Å². The molecule has 34 heavy (non-hydrogen) atoms. The van der Waals surface area contributed by atoms with Gasteiger partial charge in [0.15, 0.2) is 0 Å². The van der Waals surface area contributed by atoms with Crippen LogP contribution in [0.1, 0.15) is 57.8 Å². The van der Waals surface area contributed by atoms with Crippen molar-refractivity contribution in [3.8, 4) is 0 Å². The van der Waals surface area contributed by atoms with Crippen LogP contribution in [0.3, 0.4) is 0 Å². The van der Waals surface area contributed by atoms with Crippen LogP contribution < -0.4 is 5.32 Å². The van der Waals surface area contributed by atoms with E-state index in [-0.39, 0.29) is 23.3 Å². The number of hydrogen-bond donors (Lipinski definition) is 1. The van der Waals surface area contributed by atoms with Crippen LogP contribution in [0.15, 0.2) is 29.2 Å². The number of anilines is 1. The van der Waals surface area contributed by atoms with E-state index >= 15 is 0 Å². The number of benzene rings is 1. The molecular weight excluding hydrogens is 452 g/mol. The molecule has 0 spiro atoms. The van der Waals surface area contributed by atoms with Crippen molar-refractivity contribution in [1.29, 1.82) is 0 Å². The van der Waals surface area contributed by atoms with Gasteiger partial charge in [0.2, 0.25) is 21.8 Å². The lowest BCUT2D eigenvalue weighted by Crippen LogP contribution is -2.52. The highest BCUT2D eigenvalue weighted by Gasteiger charge is 2.29. The molecule has 0 aromatic heterocycles. The zero-order valence-electron chi connectivity index (χ0n) is 20.1. The molecule has 4 rings (SSSR count). The summed E-state index contributed by atoms with van der Waals surface area (Å²) < 4.78 is 27.4. The van der Waals surface area contributed by atoms with Crippen molar-refractivity contribution in [3.63, 3.8) is 0 Å². The Bertz CT molecular complexity index is 928. The summed E-state index contributed by atoms with van der Waals surface area (Å²) in [7, 11) is -3.49. The molecule has 0 bridgehead atoms. The number of amides is 2. The number of hydrogen-bond acceptors (Lipinski definition) is 5. The molecule has 8 nitrogen and oxygen atoms in total. The Labute approximate surface area is 203 Å². The maximum atomic E-state index is 12.9. The van der Waals surface area contributed by atoms with Crippen molar-refractivity contribution in [2.24, 2.45) is 5.92 Å². The van der Waals surface area contributed by atoms with Crippen LogP contribution in [0.25, 0.3) is 0 Å². The maximum Gasteiger partial charge on any atom is 0.243 e. The minimum absolute atomic E-state index is 0.129. The quantitative estimate of drug-likeness (QED) is 0.662. The van der Waals surface area contributed by atoms with Gasteiger partial charge < -0.3 is 10.2 Å². The van der Waals surface area contributed by atoms with Gasteiger partial charge >= 0.3 is 0 Å². The smallest absolute Gasteiger partial charge is 0.243 e. The van der Waals surface area contributed by atoms with Gasteiger partial charge in [-0.2, -0.15) is 4.31 Å². The Hall–Kier alpha value is -1.97. The molecule has 1 saturated carbocycles. The van der Waals surface area contributed by atoms with Gasteiger partial charge in [-0.15, -0.1) is 0 Å². The number of nitrogens with zero attached hydrogens (tertiary/aromatic N) is 3. The fourth-order valence-corrected chi connectivity index (χ4v) is 6.80. The molecule has 2 heterocycles. The van der Waals surface area contributed by atoms with E-state index in [4.69, 9.17) is 0 Å². The second-order valence-corrected chi connectivity index (χ2v) is 11.8. The first kappa shape index (κ1) is 25.1. The highest BCUT2D eigenvalue weighted by atomic mass is 32.2. The lowest BCUT2D eigenvalue weighted by molar-refractivity contribution is -0.138. The van der Waals surface area contributed by atoms with Crippen LogP contribution in [-0.4, -0.2) is 80.2 Å². The van der Waals surface area contributed by atoms with Gasteiger partial charge in [0.05, 0.1) is 11.4 Å². The normalized spacial score (nSPS) is 21.7. The average Bonchev–Trinajstić information content (AvgIpc) is 3.15. The van der Waals surface area contributed by atoms with Crippen molar-refractivity contribution < 1.29 is 18.0 Å². The first-order chi connectivity index (χ1) is 16.4. The van der Waals surface area contributed by atoms with Crippen LogP contribution in [-0.2, 0) is 19.6 Å². The third kappa shape index (κ3) is 6.37. The van der Waals surface area contributed by atoms with Gasteiger partial charge in [-0.1, -0.05) is 32.1 Å². The molecule has 2 saturated heterocycles. The van der Waals surface area contributed by atoms with Gasteiger partial charge in [0.25, 0.3) is 0 Å². The summed E-state index contributed by atoms with van der Waals surface area (Å²) in [6, 6.07) is 6.46. The van der Waals surface area contributed by atoms with Crippen molar-refractivity contribution in [1.82, 2.24) is 14.1 Å². The molecule has 188 valence electrons. The molecule has 3 aliphatic rings. The summed E-state index contributed by atoms with van der Waals surface area (Å²) in [5.74, 6) is 0.351. The first-order valence-electron chi connectivity index (χ1n) is 12.8. The average molecular weight is 491 g/mol. The summed E-state index contributed by atoms with van der Waals surface area (Å²) in [4.78, 5) is 29.6. The minimum atomic E-state index is -3.49. The Balaban J connectivity index is 1.24. The largest absolute Gasteiger partial charge is 0.340 e. The molecule has 0 atom stereocenters. The summed E-state index contributed by atoms with van der Waals surface area (Å²) in [5, 5.41) is 2.87. The third-order valence-corrected chi connectivity index (χ3v) is 9.26. The van der Waals surface area contributed by atoms with Gasteiger partial charge in [-0.25, -0.2) is 8.42 Å². The van der Waals surface area contributed by atoms with E-state index in [9.17, 15) is 18.0 Å². The van der Waals surface area contributed by atoms with Crippen molar-refractivity contribution in [2.75, 3.05) is 51.1 Å². The predicted octanol–water partition coefficient (Wildman–Crippen LogP) is 2.91. The number of carbonyl (C=O) groups is 2. The summed E-state index contributed by atoms with van der Waals surface area (Å²) in [6.45, 7) is 4.13. The number of rotatable bonds is 6. The van der Waals surface area contributed by atoms with E-state index in [1.54, 1.807) is 28.6 Å². The van der Waals surface area contributed by atoms with Gasteiger partial charge in [0, 0.05) is 50.9 Å². The summed E-state index contributed by atoms with van der Waals surface area (Å²) >= 11 is 0. The summed E-state index contributed by atoms with van der Waals surface area (Å²) in [6.07, 6.45) is 9.52. The van der Waals surface area contributed by atoms with Gasteiger partial charge in [-0.3, -0.25) is 14.5 Å². The first-order valence-corrected chi connectivity index (χ1v) is 14.3. The van der Waals surface area contributed by atoms with Crippen LogP contribution in [0, 0.1) is 5.92 Å². The molecule has 1 aromatic carbocycles. The van der Waals surface area contributed by atoms with Crippen LogP contribution in [0.4, 0.5) is 5.69 Å². The van der Waals surface area contributed by atoms with Crippen LogP contribution >= 0.6 is 0 Å². The minimum Gasteiger partial charge on any atom is -0.340 e. The monoisotopic (exact) mass is 490 g/mol. The van der Waals surface area contributed by atoms with Crippen molar-refractivity contribution >= 4 is 27.5 Å². The molecular formula is C25H38N4O4S. The summed E-state index contributed by atoms with van der Waals surface area (Å²) in [5.41, 5.74) is 0.589. The molecule has 0 unspecified atom stereocenters. The van der Waals surface area contributed by atoms with Crippen molar-refractivity contribution in [3.05, 3.63) is 24.3 Å². The SMILES string of the molecule is O=C(CN1CCN(C(=O)C2CCCCC2)CC1)Nc1ccc(S(=O)(=O)N2CCCCCC2)cc1. The second kappa shape index (κ2) is 11.6. The van der Waals surface area contributed by atoms with E-state index in [1.807, 2.05) is 4.90 Å². The highest BCUT2D eigenvalue weighted by molar-refractivity contribution is 7.89. The Morgan fingerprint density at radius 3 is 2.00 bits per heavy atom. The zero-order valence-corrected chi connectivity index (χ0v) is 20.9. The third-order valence-electron chi connectivity index (χ3n) is 7.35. The molecule has 1 aliphatic carbocycles. The van der Waals surface area contributed by atoms with Crippen LogP contribution in [0.2, 0.25) is 0 Å². The van der Waals surface area contributed by atoms with Crippen molar-refractivity contribution in [2.45, 2.75) is 62.7 Å². The van der Waals surface area contributed by atoms with E-state index in [0.717, 1.165) is 51.4 Å².